The third-order valence-corrected chi connectivity index (χ3v) is 0. The summed E-state index contributed by atoms with van der Waals surface area (Å²) >= 11 is -5.72. The molecule has 0 rings (SSSR count). The molecule has 0 aromatic rings. The average Bonchev–Trinajstić information content (AvgIpc) is 1.25. The first-order chi connectivity index (χ1) is 3.46. The first-order valence-corrected chi connectivity index (χ1v) is 3.10. The van der Waals surface area contributed by atoms with Crippen LogP contribution in [-0.2, 0) is 22.7 Å². The van der Waals surface area contributed by atoms with Crippen LogP contribution in [0, 0.1) is 0 Å². The van der Waals surface area contributed by atoms with Crippen LogP contribution >= 0.6 is 0 Å². The first-order valence-electron chi connectivity index (χ1n) is 1.03. The summed E-state index contributed by atoms with van der Waals surface area (Å²) in [5.74, 6) is 0. The summed E-state index contributed by atoms with van der Waals surface area (Å²) in [6.07, 6.45) is 0. The van der Waals surface area contributed by atoms with E-state index in [2.05, 4.69) is 0 Å². The fraction of sp³-hybridized carbons (Fsp3) is 0. The van der Waals surface area contributed by atoms with Crippen molar-refractivity contribution in [1.82, 2.24) is 0 Å². The quantitative estimate of drug-likeness (QED) is 0.406. The van der Waals surface area contributed by atoms with Crippen LogP contribution in [0.1, 0.15) is 0 Å². The topological polar surface area (TPSA) is 121 Å². The molecular weight excluding hydrogens is 297 g/mol. The molecule has 0 aromatic heterocycles. The molecule has 2 unspecified atom stereocenters. The van der Waals surface area contributed by atoms with E-state index in [1.54, 1.807) is 0 Å². The Balaban J connectivity index is -0.0000000720. The van der Waals surface area contributed by atoms with Gasteiger partial charge in [-0.05, 0) is 0 Å². The molecule has 52 valence electrons. The van der Waals surface area contributed by atoms with Gasteiger partial charge in [0.1, 0.15) is 0 Å². The SMILES string of the molecule is O=S([O-])O.O=S([O-])O.[Ba+2]. The number of hydrogen-bond acceptors (Lipinski definition) is 4. The van der Waals surface area contributed by atoms with E-state index in [0.717, 1.165) is 0 Å². The van der Waals surface area contributed by atoms with E-state index in [0.29, 0.717) is 0 Å². The van der Waals surface area contributed by atoms with Crippen molar-refractivity contribution in [3.05, 3.63) is 0 Å². The van der Waals surface area contributed by atoms with Gasteiger partial charge in [-0.25, -0.2) is 8.42 Å². The van der Waals surface area contributed by atoms with Crippen LogP contribution in [0.4, 0.5) is 0 Å². The van der Waals surface area contributed by atoms with Gasteiger partial charge in [0.2, 0.25) is 0 Å². The Morgan fingerprint density at radius 1 is 1.00 bits per heavy atom. The molecule has 0 spiro atoms. The Labute approximate surface area is 96.7 Å². The maximum absolute atomic E-state index is 8.56. The van der Waals surface area contributed by atoms with Crippen molar-refractivity contribution >= 4 is 71.6 Å². The molecule has 0 aliphatic rings. The zero-order chi connectivity index (χ0) is 7.15. The second-order valence-electron chi connectivity index (χ2n) is 0.434. The molecule has 0 amide bonds. The monoisotopic (exact) mass is 300 g/mol. The summed E-state index contributed by atoms with van der Waals surface area (Å²) in [4.78, 5) is 0. The second-order valence-corrected chi connectivity index (χ2v) is 1.30. The number of hydrogen-bond donors (Lipinski definition) is 2. The minimum atomic E-state index is -2.86. The van der Waals surface area contributed by atoms with Crippen LogP contribution in [0.5, 0.6) is 0 Å². The molecule has 0 heterocycles. The predicted molar refractivity (Wildman–Crippen MR) is 28.9 cm³/mol. The van der Waals surface area contributed by atoms with Gasteiger partial charge in [0.25, 0.3) is 0 Å². The zero-order valence-electron chi connectivity index (χ0n) is 4.05. The third kappa shape index (κ3) is 197. The fourth-order valence-electron chi connectivity index (χ4n) is 0. The molecule has 2 N–H and O–H groups in total. The van der Waals surface area contributed by atoms with Crippen molar-refractivity contribution in [2.24, 2.45) is 0 Å². The third-order valence-electron chi connectivity index (χ3n) is 0. The molecule has 0 bridgehead atoms. The van der Waals surface area contributed by atoms with Crippen molar-refractivity contribution in [2.45, 2.75) is 0 Å². The second kappa shape index (κ2) is 12.4. The Bertz CT molecular complexity index is 69.1. The average molecular weight is 299 g/mol. The van der Waals surface area contributed by atoms with Crippen molar-refractivity contribution in [3.63, 3.8) is 0 Å². The molecule has 0 radical (unpaired) electrons. The summed E-state index contributed by atoms with van der Waals surface area (Å²) in [5, 5.41) is 0. The minimum Gasteiger partial charge on any atom is -0.750 e. The van der Waals surface area contributed by atoms with E-state index in [-0.39, 0.29) is 48.9 Å². The van der Waals surface area contributed by atoms with Gasteiger partial charge >= 0.3 is 48.9 Å². The van der Waals surface area contributed by atoms with Gasteiger partial charge in [0, 0.05) is 0 Å². The fourth-order valence-corrected chi connectivity index (χ4v) is 0. The molecule has 0 aliphatic carbocycles. The van der Waals surface area contributed by atoms with Crippen molar-refractivity contribution in [3.8, 4) is 0 Å². The van der Waals surface area contributed by atoms with Crippen LogP contribution in [-0.4, -0.2) is 75.5 Å². The Kier molecular flexibility index (Phi) is 23.4. The molecular formula is H2BaO6S2. The van der Waals surface area contributed by atoms with Gasteiger partial charge in [0.15, 0.2) is 0 Å². The molecule has 2 atom stereocenters. The number of rotatable bonds is 0. The summed E-state index contributed by atoms with van der Waals surface area (Å²) in [6.45, 7) is 0. The molecule has 6 nitrogen and oxygen atoms in total. The zero-order valence-corrected chi connectivity index (χ0v) is 10.1. The molecule has 9 heteroatoms. The Morgan fingerprint density at radius 3 is 1.00 bits per heavy atom. The molecule has 0 saturated heterocycles. The molecule has 9 heavy (non-hydrogen) atoms. The molecule has 0 aromatic carbocycles. The van der Waals surface area contributed by atoms with Crippen LogP contribution < -0.4 is 0 Å². The standard InChI is InChI=1S/Ba.2H2O3S/c;2*1-4(2)3/h;2*(H2,1,2,3)/q+2;;/p-2. The van der Waals surface area contributed by atoms with Gasteiger partial charge in [-0.15, -0.1) is 0 Å². The van der Waals surface area contributed by atoms with Crippen LogP contribution in [0.25, 0.3) is 0 Å². The molecule has 0 aliphatic heterocycles. The van der Waals surface area contributed by atoms with Crippen molar-refractivity contribution in [1.29, 1.82) is 0 Å². The largest absolute Gasteiger partial charge is 2.00 e. The van der Waals surface area contributed by atoms with Crippen LogP contribution in [0.3, 0.4) is 0 Å². The maximum atomic E-state index is 8.56. The van der Waals surface area contributed by atoms with Gasteiger partial charge in [-0.2, -0.15) is 0 Å². The first kappa shape index (κ1) is 17.0. The Morgan fingerprint density at radius 2 is 1.00 bits per heavy atom. The predicted octanol–water partition coefficient (Wildman–Crippen LogP) is -1.70. The van der Waals surface area contributed by atoms with Crippen molar-refractivity contribution in [2.75, 3.05) is 0 Å². The smallest absolute Gasteiger partial charge is 0.750 e. The summed E-state index contributed by atoms with van der Waals surface area (Å²) in [5.41, 5.74) is 0. The molecule has 0 saturated carbocycles. The molecule has 0 fully saturated rings. The van der Waals surface area contributed by atoms with E-state index in [9.17, 15) is 0 Å². The Hall–Kier alpha value is 1.71. The van der Waals surface area contributed by atoms with Gasteiger partial charge in [-0.1, -0.05) is 0 Å². The summed E-state index contributed by atoms with van der Waals surface area (Å²) < 4.78 is 48.2. The van der Waals surface area contributed by atoms with Crippen LogP contribution in [0.15, 0.2) is 0 Å². The van der Waals surface area contributed by atoms with Crippen LogP contribution in [0.2, 0.25) is 0 Å². The van der Waals surface area contributed by atoms with Gasteiger partial charge in [0.05, 0.1) is 22.7 Å². The van der Waals surface area contributed by atoms with E-state index in [1.807, 2.05) is 0 Å². The summed E-state index contributed by atoms with van der Waals surface area (Å²) in [6, 6.07) is 0. The van der Waals surface area contributed by atoms with Gasteiger partial charge < -0.3 is 18.2 Å². The van der Waals surface area contributed by atoms with Crippen molar-refractivity contribution < 1.29 is 26.6 Å². The minimum absolute atomic E-state index is 0. The van der Waals surface area contributed by atoms with E-state index in [4.69, 9.17) is 26.6 Å². The summed E-state index contributed by atoms with van der Waals surface area (Å²) in [7, 11) is 0. The maximum Gasteiger partial charge on any atom is 2.00 e. The van der Waals surface area contributed by atoms with E-state index >= 15 is 0 Å². The van der Waals surface area contributed by atoms with Gasteiger partial charge in [-0.3, -0.25) is 0 Å². The normalized spacial score (nSPS) is 13.8. The van der Waals surface area contributed by atoms with E-state index < -0.39 is 22.7 Å². The van der Waals surface area contributed by atoms with E-state index in [1.165, 1.54) is 0 Å².